The summed E-state index contributed by atoms with van der Waals surface area (Å²) in [5, 5.41) is 0. The minimum Gasteiger partial charge on any atom is -0.198 e. The van der Waals surface area contributed by atoms with Crippen molar-refractivity contribution in [1.82, 2.24) is 5.48 Å². The number of benzene rings is 1. The van der Waals surface area contributed by atoms with Crippen LogP contribution in [-0.2, 0) is 20.9 Å². The van der Waals surface area contributed by atoms with E-state index in [2.05, 4.69) is 9.76 Å². The van der Waals surface area contributed by atoms with E-state index in [1.54, 1.807) is 0 Å². The molecule has 0 aromatic heterocycles. The SMILES string of the molecule is CCS(=O)(=O)ONCc1ccccc1. The molecule has 0 aliphatic heterocycles. The first-order valence-electron chi connectivity index (χ1n) is 4.32. The minimum atomic E-state index is -3.40. The summed E-state index contributed by atoms with van der Waals surface area (Å²) in [5.41, 5.74) is 3.38. The molecule has 1 aromatic rings. The van der Waals surface area contributed by atoms with Gasteiger partial charge in [0.05, 0.1) is 5.75 Å². The predicted molar refractivity (Wildman–Crippen MR) is 53.8 cm³/mol. The molecule has 1 aromatic carbocycles. The van der Waals surface area contributed by atoms with Crippen LogP contribution in [0.4, 0.5) is 0 Å². The first-order chi connectivity index (χ1) is 6.64. The smallest absolute Gasteiger partial charge is 0.198 e. The third-order valence-electron chi connectivity index (χ3n) is 1.66. The summed E-state index contributed by atoms with van der Waals surface area (Å²) >= 11 is 0. The van der Waals surface area contributed by atoms with Crippen LogP contribution >= 0.6 is 0 Å². The van der Waals surface area contributed by atoms with E-state index < -0.39 is 10.1 Å². The standard InChI is InChI=1S/C9H13NO3S/c1-2-14(11,12)13-10-8-9-6-4-3-5-7-9/h3-7,10H,2,8H2,1H3. The average Bonchev–Trinajstić information content (AvgIpc) is 2.19. The Labute approximate surface area is 84.0 Å². The van der Waals surface area contributed by atoms with Crippen molar-refractivity contribution in [3.8, 4) is 0 Å². The molecule has 1 N–H and O–H groups in total. The Morgan fingerprint density at radius 2 is 1.93 bits per heavy atom. The van der Waals surface area contributed by atoms with Gasteiger partial charge in [-0.1, -0.05) is 30.3 Å². The molecule has 5 heteroatoms. The van der Waals surface area contributed by atoms with Crippen LogP contribution in [0.2, 0.25) is 0 Å². The second-order valence-corrected chi connectivity index (χ2v) is 4.60. The molecular formula is C9H13NO3S. The van der Waals surface area contributed by atoms with Crippen molar-refractivity contribution < 1.29 is 12.7 Å². The number of hydroxylamine groups is 1. The highest BCUT2D eigenvalue weighted by molar-refractivity contribution is 7.86. The van der Waals surface area contributed by atoms with Crippen LogP contribution in [0.3, 0.4) is 0 Å². The van der Waals surface area contributed by atoms with E-state index in [4.69, 9.17) is 0 Å². The predicted octanol–water partition coefficient (Wildman–Crippen LogP) is 1.06. The first kappa shape index (κ1) is 11.2. The van der Waals surface area contributed by atoms with Gasteiger partial charge < -0.3 is 0 Å². The van der Waals surface area contributed by atoms with Crippen molar-refractivity contribution in [2.45, 2.75) is 13.5 Å². The summed E-state index contributed by atoms with van der Waals surface area (Å²) < 4.78 is 26.3. The molecule has 4 nitrogen and oxygen atoms in total. The van der Waals surface area contributed by atoms with E-state index in [0.29, 0.717) is 6.54 Å². The van der Waals surface area contributed by atoms with Gasteiger partial charge in [-0.15, -0.1) is 0 Å². The van der Waals surface area contributed by atoms with Gasteiger partial charge in [-0.05, 0) is 12.5 Å². The fourth-order valence-electron chi connectivity index (χ4n) is 0.857. The van der Waals surface area contributed by atoms with Crippen molar-refractivity contribution in [2.24, 2.45) is 0 Å². The fourth-order valence-corrected chi connectivity index (χ4v) is 1.21. The second-order valence-electron chi connectivity index (χ2n) is 2.74. The third-order valence-corrected chi connectivity index (χ3v) is 2.74. The maximum absolute atomic E-state index is 10.9. The highest BCUT2D eigenvalue weighted by Gasteiger charge is 2.06. The summed E-state index contributed by atoms with van der Waals surface area (Å²) in [4.78, 5) is 0. The molecule has 0 spiro atoms. The largest absolute Gasteiger partial charge is 0.282 e. The summed E-state index contributed by atoms with van der Waals surface area (Å²) in [6.07, 6.45) is 0. The van der Waals surface area contributed by atoms with Gasteiger partial charge in [0.2, 0.25) is 0 Å². The fraction of sp³-hybridized carbons (Fsp3) is 0.333. The number of rotatable bonds is 5. The van der Waals surface area contributed by atoms with E-state index in [-0.39, 0.29) is 5.75 Å². The maximum Gasteiger partial charge on any atom is 0.282 e. The quantitative estimate of drug-likeness (QED) is 0.746. The van der Waals surface area contributed by atoms with Gasteiger partial charge in [-0.3, -0.25) is 0 Å². The average molecular weight is 215 g/mol. The molecule has 78 valence electrons. The molecule has 0 atom stereocenters. The van der Waals surface area contributed by atoms with Crippen LogP contribution in [0, 0.1) is 0 Å². The molecule has 0 amide bonds. The second kappa shape index (κ2) is 5.09. The molecule has 1 rings (SSSR count). The van der Waals surface area contributed by atoms with Crippen molar-refractivity contribution in [3.63, 3.8) is 0 Å². The Hall–Kier alpha value is -0.910. The van der Waals surface area contributed by atoms with Crippen molar-refractivity contribution in [1.29, 1.82) is 0 Å². The molecule has 0 aliphatic rings. The lowest BCUT2D eigenvalue weighted by molar-refractivity contribution is 0.199. The zero-order valence-corrected chi connectivity index (χ0v) is 8.75. The van der Waals surface area contributed by atoms with E-state index in [0.717, 1.165) is 5.56 Å². The van der Waals surface area contributed by atoms with Gasteiger partial charge in [-0.2, -0.15) is 18.2 Å². The highest BCUT2D eigenvalue weighted by Crippen LogP contribution is 1.98. The Morgan fingerprint density at radius 1 is 1.29 bits per heavy atom. The molecule has 0 saturated carbocycles. The third kappa shape index (κ3) is 3.87. The molecule has 0 bridgehead atoms. The van der Waals surface area contributed by atoms with Crippen LogP contribution in [0.25, 0.3) is 0 Å². The molecular weight excluding hydrogens is 202 g/mol. The lowest BCUT2D eigenvalue weighted by Crippen LogP contribution is -2.20. The molecule has 0 heterocycles. The Kier molecular flexibility index (Phi) is 4.06. The van der Waals surface area contributed by atoms with Crippen molar-refractivity contribution in [2.75, 3.05) is 5.75 Å². The van der Waals surface area contributed by atoms with E-state index in [1.807, 2.05) is 30.3 Å². The van der Waals surface area contributed by atoms with Crippen molar-refractivity contribution >= 4 is 10.1 Å². The highest BCUT2D eigenvalue weighted by atomic mass is 32.2. The number of hydrogen-bond acceptors (Lipinski definition) is 4. The lowest BCUT2D eigenvalue weighted by Gasteiger charge is -2.04. The van der Waals surface area contributed by atoms with E-state index >= 15 is 0 Å². The Balaban J connectivity index is 2.37. The van der Waals surface area contributed by atoms with Gasteiger partial charge in [0.25, 0.3) is 10.1 Å². The first-order valence-corrected chi connectivity index (χ1v) is 5.90. The molecule has 0 fully saturated rings. The summed E-state index contributed by atoms with van der Waals surface area (Å²) in [7, 11) is -3.40. The van der Waals surface area contributed by atoms with Gasteiger partial charge >= 0.3 is 0 Å². The van der Waals surface area contributed by atoms with Crippen LogP contribution in [0.1, 0.15) is 12.5 Å². The van der Waals surface area contributed by atoms with E-state index in [9.17, 15) is 8.42 Å². The van der Waals surface area contributed by atoms with Crippen LogP contribution in [0.5, 0.6) is 0 Å². The number of hydrogen-bond donors (Lipinski definition) is 1. The minimum absolute atomic E-state index is 0.0329. The molecule has 0 radical (unpaired) electrons. The molecule has 0 saturated heterocycles. The van der Waals surface area contributed by atoms with Crippen LogP contribution in [0.15, 0.2) is 30.3 Å². The molecule has 0 aliphatic carbocycles. The summed E-state index contributed by atoms with van der Waals surface area (Å²) in [6, 6.07) is 9.42. The van der Waals surface area contributed by atoms with Gasteiger partial charge in [0, 0.05) is 6.54 Å². The maximum atomic E-state index is 10.9. The summed E-state index contributed by atoms with van der Waals surface area (Å²) in [6.45, 7) is 1.90. The zero-order chi connectivity index (χ0) is 10.4. The topological polar surface area (TPSA) is 55.4 Å². The van der Waals surface area contributed by atoms with Gasteiger partial charge in [0.15, 0.2) is 0 Å². The Morgan fingerprint density at radius 3 is 2.50 bits per heavy atom. The zero-order valence-electron chi connectivity index (χ0n) is 7.93. The lowest BCUT2D eigenvalue weighted by atomic mass is 10.2. The monoisotopic (exact) mass is 215 g/mol. The Bertz CT molecular complexity index is 361. The van der Waals surface area contributed by atoms with Gasteiger partial charge in [-0.25, -0.2) is 0 Å². The normalized spacial score (nSPS) is 11.5. The van der Waals surface area contributed by atoms with Crippen LogP contribution in [-0.4, -0.2) is 14.2 Å². The molecule has 14 heavy (non-hydrogen) atoms. The van der Waals surface area contributed by atoms with Gasteiger partial charge in [0.1, 0.15) is 0 Å². The summed E-state index contributed by atoms with van der Waals surface area (Å²) in [5.74, 6) is -0.0329. The van der Waals surface area contributed by atoms with E-state index in [1.165, 1.54) is 6.92 Å². The molecule has 0 unspecified atom stereocenters. The van der Waals surface area contributed by atoms with Crippen LogP contribution < -0.4 is 5.48 Å². The number of nitrogens with one attached hydrogen (secondary N) is 1. The van der Waals surface area contributed by atoms with Crippen molar-refractivity contribution in [3.05, 3.63) is 35.9 Å².